The van der Waals surface area contributed by atoms with Crippen LogP contribution in [-0.4, -0.2) is 9.55 Å². The van der Waals surface area contributed by atoms with Crippen molar-refractivity contribution in [2.45, 2.75) is 36.0 Å². The molecule has 1 aliphatic heterocycles. The molecule has 0 saturated heterocycles. The first-order valence-electron chi connectivity index (χ1n) is 6.84. The van der Waals surface area contributed by atoms with E-state index in [0.717, 1.165) is 28.5 Å². The maximum Gasteiger partial charge on any atom is 0.416 e. The summed E-state index contributed by atoms with van der Waals surface area (Å²) in [5.41, 5.74) is -1.58. The highest BCUT2D eigenvalue weighted by Crippen LogP contribution is 2.43. The first kappa shape index (κ1) is 15.7. The molecule has 0 bridgehead atoms. The van der Waals surface area contributed by atoms with Gasteiger partial charge in [-0.3, -0.25) is 14.3 Å². The Kier molecular flexibility index (Phi) is 3.75. The van der Waals surface area contributed by atoms with Gasteiger partial charge in [0.15, 0.2) is 0 Å². The van der Waals surface area contributed by atoms with Crippen molar-refractivity contribution in [1.82, 2.24) is 9.55 Å². The Labute approximate surface area is 132 Å². The van der Waals surface area contributed by atoms with Crippen LogP contribution in [0.15, 0.2) is 37.7 Å². The zero-order chi connectivity index (χ0) is 16.8. The number of anilines is 2. The van der Waals surface area contributed by atoms with Gasteiger partial charge in [0.1, 0.15) is 10.7 Å². The van der Waals surface area contributed by atoms with Gasteiger partial charge in [-0.15, -0.1) is 0 Å². The Morgan fingerprint density at radius 2 is 2.00 bits per heavy atom. The topological polar surface area (TPSA) is 66.9 Å². The summed E-state index contributed by atoms with van der Waals surface area (Å²) in [4.78, 5) is 27.4. The molecule has 0 spiro atoms. The summed E-state index contributed by atoms with van der Waals surface area (Å²) in [5.74, 6) is 0. The number of nitrogens with zero attached hydrogens (tertiary/aromatic N) is 1. The van der Waals surface area contributed by atoms with E-state index in [1.807, 2.05) is 6.92 Å². The predicted molar refractivity (Wildman–Crippen MR) is 80.5 cm³/mol. The van der Waals surface area contributed by atoms with E-state index in [1.54, 1.807) is 0 Å². The van der Waals surface area contributed by atoms with E-state index in [1.165, 1.54) is 6.07 Å². The molecule has 0 aliphatic carbocycles. The van der Waals surface area contributed by atoms with Crippen LogP contribution >= 0.6 is 11.8 Å². The molecule has 0 amide bonds. The molecule has 9 heteroatoms. The fraction of sp³-hybridized carbons (Fsp3) is 0.286. The van der Waals surface area contributed by atoms with Crippen LogP contribution in [0.2, 0.25) is 0 Å². The molecule has 0 unspecified atom stereocenters. The molecule has 2 heterocycles. The minimum Gasteiger partial charge on any atom is -0.348 e. The lowest BCUT2D eigenvalue weighted by Crippen LogP contribution is -2.37. The van der Waals surface area contributed by atoms with E-state index in [4.69, 9.17) is 0 Å². The summed E-state index contributed by atoms with van der Waals surface area (Å²) in [6.45, 7) is 2.06. The maximum absolute atomic E-state index is 12.8. The van der Waals surface area contributed by atoms with Crippen molar-refractivity contribution in [2.24, 2.45) is 0 Å². The monoisotopic (exact) mass is 343 g/mol. The quantitative estimate of drug-likeness (QED) is 0.702. The van der Waals surface area contributed by atoms with Crippen LogP contribution in [0.5, 0.6) is 0 Å². The van der Waals surface area contributed by atoms with Gasteiger partial charge in [0, 0.05) is 11.4 Å². The molecule has 0 radical (unpaired) electrons. The molecule has 122 valence electrons. The van der Waals surface area contributed by atoms with Crippen molar-refractivity contribution in [3.63, 3.8) is 0 Å². The summed E-state index contributed by atoms with van der Waals surface area (Å²) in [6, 6.07) is 3.24. The van der Waals surface area contributed by atoms with E-state index in [-0.39, 0.29) is 17.9 Å². The largest absolute Gasteiger partial charge is 0.416 e. The number of aromatic nitrogens is 2. The zero-order valence-electron chi connectivity index (χ0n) is 12.0. The minimum absolute atomic E-state index is 0.0925. The van der Waals surface area contributed by atoms with E-state index in [0.29, 0.717) is 16.3 Å². The van der Waals surface area contributed by atoms with Crippen LogP contribution < -0.4 is 16.6 Å². The van der Waals surface area contributed by atoms with E-state index >= 15 is 0 Å². The van der Waals surface area contributed by atoms with Crippen LogP contribution in [0.4, 0.5) is 24.5 Å². The van der Waals surface area contributed by atoms with Gasteiger partial charge in [0.25, 0.3) is 5.56 Å². The lowest BCUT2D eigenvalue weighted by Gasteiger charge is -2.21. The Bertz CT molecular complexity index is 886. The highest BCUT2D eigenvalue weighted by molar-refractivity contribution is 7.99. The number of H-pyrrole nitrogens is 1. The predicted octanol–water partition coefficient (Wildman–Crippen LogP) is 3.17. The number of halogens is 3. The molecule has 0 atom stereocenters. The fourth-order valence-electron chi connectivity index (χ4n) is 2.30. The van der Waals surface area contributed by atoms with Gasteiger partial charge in [-0.05, 0) is 24.6 Å². The fourth-order valence-corrected chi connectivity index (χ4v) is 3.26. The third-order valence-electron chi connectivity index (χ3n) is 3.38. The highest BCUT2D eigenvalue weighted by atomic mass is 32.2. The minimum atomic E-state index is -4.46. The Balaban J connectivity index is 2.10. The molecule has 2 N–H and O–H groups in total. The van der Waals surface area contributed by atoms with Crippen molar-refractivity contribution in [1.29, 1.82) is 0 Å². The Morgan fingerprint density at radius 3 is 2.65 bits per heavy atom. The van der Waals surface area contributed by atoms with Crippen LogP contribution in [-0.2, 0) is 12.7 Å². The third kappa shape index (κ3) is 2.76. The zero-order valence-corrected chi connectivity index (χ0v) is 12.8. The van der Waals surface area contributed by atoms with Crippen molar-refractivity contribution in [3.8, 4) is 0 Å². The number of hydrogen-bond acceptors (Lipinski definition) is 4. The number of rotatable bonds is 2. The van der Waals surface area contributed by atoms with Gasteiger partial charge < -0.3 is 5.32 Å². The highest BCUT2D eigenvalue weighted by Gasteiger charge is 2.32. The standard InChI is InChI=1S/C14H12F3N3O2S/c1-2-5-20-12(21)10-11(19-13(20)22)23-9-4-3-7(14(15,16)17)6-8(9)18-10/h3-4,6,18H,2,5H2,1H3,(H,19,22). The van der Waals surface area contributed by atoms with Gasteiger partial charge in [0.05, 0.1) is 11.3 Å². The summed E-state index contributed by atoms with van der Waals surface area (Å²) in [6.07, 6.45) is -3.88. The number of aromatic amines is 1. The lowest BCUT2D eigenvalue weighted by molar-refractivity contribution is -0.137. The molecule has 5 nitrogen and oxygen atoms in total. The van der Waals surface area contributed by atoms with E-state index < -0.39 is 23.0 Å². The SMILES string of the molecule is CCCn1c(=O)[nH]c2c(c1=O)Nc1cc(C(F)(F)F)ccc1S2. The van der Waals surface area contributed by atoms with Gasteiger partial charge >= 0.3 is 11.9 Å². The second-order valence-electron chi connectivity index (χ2n) is 5.03. The van der Waals surface area contributed by atoms with E-state index in [9.17, 15) is 22.8 Å². The average Bonchev–Trinajstić information content (AvgIpc) is 2.48. The summed E-state index contributed by atoms with van der Waals surface area (Å²) in [5, 5.41) is 3.03. The molecule has 1 aromatic carbocycles. The average molecular weight is 343 g/mol. The number of fused-ring (bicyclic) bond motifs is 2. The number of hydrogen-bond donors (Lipinski definition) is 2. The van der Waals surface area contributed by atoms with E-state index in [2.05, 4.69) is 10.3 Å². The summed E-state index contributed by atoms with van der Waals surface area (Å²) >= 11 is 1.06. The van der Waals surface area contributed by atoms with Gasteiger partial charge in [-0.2, -0.15) is 13.2 Å². The molecule has 1 aliphatic rings. The second-order valence-corrected chi connectivity index (χ2v) is 6.08. The van der Waals surface area contributed by atoms with Crippen molar-refractivity contribution < 1.29 is 13.2 Å². The molecule has 0 saturated carbocycles. The summed E-state index contributed by atoms with van der Waals surface area (Å²) in [7, 11) is 0. The first-order valence-corrected chi connectivity index (χ1v) is 7.66. The number of benzene rings is 1. The van der Waals surface area contributed by atoms with Gasteiger partial charge in [0.2, 0.25) is 0 Å². The first-order chi connectivity index (χ1) is 10.8. The second kappa shape index (κ2) is 5.48. The third-order valence-corrected chi connectivity index (χ3v) is 4.46. The van der Waals surface area contributed by atoms with Crippen LogP contribution in [0.1, 0.15) is 18.9 Å². The Hall–Kier alpha value is -2.16. The van der Waals surface area contributed by atoms with Crippen molar-refractivity contribution in [3.05, 3.63) is 44.6 Å². The molecule has 3 rings (SSSR count). The van der Waals surface area contributed by atoms with Gasteiger partial charge in [-0.25, -0.2) is 4.79 Å². The molecule has 1 aromatic heterocycles. The molecular formula is C14H12F3N3O2S. The van der Waals surface area contributed by atoms with Crippen LogP contribution in [0.3, 0.4) is 0 Å². The Morgan fingerprint density at radius 1 is 1.26 bits per heavy atom. The smallest absolute Gasteiger partial charge is 0.348 e. The van der Waals surface area contributed by atoms with Crippen LogP contribution in [0, 0.1) is 0 Å². The van der Waals surface area contributed by atoms with Crippen molar-refractivity contribution >= 4 is 23.1 Å². The molecule has 0 fully saturated rings. The molecule has 2 aromatic rings. The summed E-state index contributed by atoms with van der Waals surface area (Å²) < 4.78 is 39.4. The number of alkyl halides is 3. The van der Waals surface area contributed by atoms with Crippen molar-refractivity contribution in [2.75, 3.05) is 5.32 Å². The van der Waals surface area contributed by atoms with Crippen LogP contribution in [0.25, 0.3) is 0 Å². The number of nitrogens with one attached hydrogen (secondary N) is 2. The maximum atomic E-state index is 12.8. The molecule has 23 heavy (non-hydrogen) atoms. The van der Waals surface area contributed by atoms with Gasteiger partial charge in [-0.1, -0.05) is 18.7 Å². The normalized spacial score (nSPS) is 13.2. The lowest BCUT2D eigenvalue weighted by atomic mass is 10.2. The molecular weight excluding hydrogens is 331 g/mol.